The van der Waals surface area contributed by atoms with Crippen molar-refractivity contribution in [1.29, 1.82) is 0 Å². The summed E-state index contributed by atoms with van der Waals surface area (Å²) in [5.41, 5.74) is 2.30. The first-order valence-electron chi connectivity index (χ1n) is 16.3. The van der Waals surface area contributed by atoms with E-state index in [4.69, 9.17) is 16.3 Å². The molecule has 3 atom stereocenters. The molecule has 1 spiro atoms. The minimum Gasteiger partial charge on any atom is -0.490 e. The highest BCUT2D eigenvalue weighted by molar-refractivity contribution is 6.32. The zero-order valence-corrected chi connectivity index (χ0v) is 27.6. The number of likely N-dealkylation sites (tertiary alicyclic amines) is 2. The third-order valence-corrected chi connectivity index (χ3v) is 10.6. The summed E-state index contributed by atoms with van der Waals surface area (Å²) >= 11 is 6.28. The third kappa shape index (κ3) is 6.30. The maximum Gasteiger partial charge on any atom is 0.287 e. The van der Waals surface area contributed by atoms with Crippen LogP contribution in [0, 0.1) is 11.2 Å². The maximum absolute atomic E-state index is 14.9. The van der Waals surface area contributed by atoms with E-state index < -0.39 is 17.6 Å². The molecular weight excluding hydrogens is 639 g/mol. The number of nitrogens with zero attached hydrogens (tertiary/aromatic N) is 4. The second-order valence-corrected chi connectivity index (χ2v) is 14.3. The third-order valence-electron chi connectivity index (χ3n) is 10.3. The van der Waals surface area contributed by atoms with E-state index in [9.17, 15) is 23.6 Å². The van der Waals surface area contributed by atoms with Crippen LogP contribution in [0.4, 0.5) is 10.1 Å². The summed E-state index contributed by atoms with van der Waals surface area (Å²) in [4.78, 5) is 53.2. The van der Waals surface area contributed by atoms with Gasteiger partial charge >= 0.3 is 0 Å². The number of aromatic nitrogens is 2. The van der Waals surface area contributed by atoms with Gasteiger partial charge in [0.15, 0.2) is 0 Å². The molecule has 7 rings (SSSR count). The molecule has 0 bridgehead atoms. The van der Waals surface area contributed by atoms with Crippen LogP contribution in [0.15, 0.2) is 53.5 Å². The van der Waals surface area contributed by atoms with E-state index in [2.05, 4.69) is 27.7 Å². The minimum atomic E-state index is -0.682. The van der Waals surface area contributed by atoms with Crippen molar-refractivity contribution in [2.45, 2.75) is 56.1 Å². The monoisotopic (exact) mass is 676 g/mol. The topological polar surface area (TPSA) is 126 Å². The Labute approximate surface area is 282 Å². The zero-order valence-electron chi connectivity index (χ0n) is 26.9. The maximum atomic E-state index is 14.9. The Hall–Kier alpha value is -4.29. The van der Waals surface area contributed by atoms with Crippen molar-refractivity contribution < 1.29 is 23.5 Å². The number of aryl methyl sites for hydroxylation is 1. The van der Waals surface area contributed by atoms with Crippen LogP contribution in [-0.4, -0.2) is 82.7 Å². The number of amides is 3. The summed E-state index contributed by atoms with van der Waals surface area (Å²) < 4.78 is 22.1. The van der Waals surface area contributed by atoms with Crippen LogP contribution >= 0.6 is 11.6 Å². The molecule has 4 aliphatic rings. The molecule has 2 aromatic carbocycles. The lowest BCUT2D eigenvalue weighted by Gasteiger charge is -2.58. The Kier molecular flexibility index (Phi) is 8.49. The normalized spacial score (nSPS) is 24.1. The second kappa shape index (κ2) is 12.6. The Balaban J connectivity index is 0.896. The number of rotatable bonds is 7. The van der Waals surface area contributed by atoms with E-state index in [1.807, 2.05) is 29.2 Å². The molecule has 4 heterocycles. The van der Waals surface area contributed by atoms with Crippen LogP contribution in [-0.2, 0) is 16.6 Å². The fraction of sp³-hybridized carbons (Fsp3) is 0.457. The highest BCUT2D eigenvalue weighted by atomic mass is 35.5. The van der Waals surface area contributed by atoms with E-state index in [1.54, 1.807) is 25.4 Å². The van der Waals surface area contributed by atoms with Crippen molar-refractivity contribution in [3.05, 3.63) is 86.5 Å². The first kappa shape index (κ1) is 32.3. The molecule has 3 aromatic rings. The average Bonchev–Trinajstić information content (AvgIpc) is 3.02. The summed E-state index contributed by atoms with van der Waals surface area (Å²) in [5, 5.41) is 9.89. The van der Waals surface area contributed by atoms with Crippen molar-refractivity contribution >= 4 is 35.0 Å². The molecule has 1 aromatic heterocycles. The molecule has 4 fully saturated rings. The molecule has 3 unspecified atom stereocenters. The van der Waals surface area contributed by atoms with E-state index >= 15 is 0 Å². The summed E-state index contributed by atoms with van der Waals surface area (Å²) in [7, 11) is 3.63. The first-order valence-corrected chi connectivity index (χ1v) is 16.7. The number of halogens is 2. The fourth-order valence-electron chi connectivity index (χ4n) is 7.78. The van der Waals surface area contributed by atoms with E-state index in [0.717, 1.165) is 37.9 Å². The smallest absolute Gasteiger partial charge is 0.287 e. The van der Waals surface area contributed by atoms with E-state index in [-0.39, 0.29) is 64.3 Å². The molecule has 1 saturated carbocycles. The number of benzene rings is 2. The van der Waals surface area contributed by atoms with Gasteiger partial charge in [-0.25, -0.2) is 9.07 Å². The number of piperidine rings is 2. The van der Waals surface area contributed by atoms with Crippen LogP contribution in [0.25, 0.3) is 0 Å². The zero-order chi connectivity index (χ0) is 33.7. The first-order chi connectivity index (χ1) is 23.0. The van der Waals surface area contributed by atoms with Gasteiger partial charge in [-0.05, 0) is 62.4 Å². The number of likely N-dealkylation sites (N-methyl/N-ethyl adjacent to an activating group) is 1. The molecule has 2 N–H and O–H groups in total. The van der Waals surface area contributed by atoms with Gasteiger partial charge in [0.25, 0.3) is 11.5 Å². The van der Waals surface area contributed by atoms with E-state index in [0.29, 0.717) is 30.1 Å². The van der Waals surface area contributed by atoms with Gasteiger partial charge in [-0.3, -0.25) is 24.5 Å². The second-order valence-electron chi connectivity index (χ2n) is 13.9. The molecule has 13 heteroatoms. The lowest BCUT2D eigenvalue weighted by molar-refractivity contribution is -0.134. The molecule has 0 radical (unpaired) electrons. The number of carbonyl (C=O) groups excluding carboxylic acids is 3. The largest absolute Gasteiger partial charge is 0.490 e. The number of hydrogen-bond donors (Lipinski definition) is 2. The van der Waals surface area contributed by atoms with Crippen LogP contribution in [0.3, 0.4) is 0 Å². The molecular formula is C35H38ClFN6O5. The minimum absolute atomic E-state index is 0.00996. The summed E-state index contributed by atoms with van der Waals surface area (Å²) in [6.07, 6.45) is 4.42. The van der Waals surface area contributed by atoms with Crippen molar-refractivity contribution in [1.82, 2.24) is 24.9 Å². The Bertz CT molecular complexity index is 1820. The molecule has 3 aliphatic heterocycles. The molecule has 252 valence electrons. The highest BCUT2D eigenvalue weighted by Gasteiger charge is 2.54. The standard InChI is InChI=1S/C35H38ClFN6O5/c1-41-16-22(11-23(17-41)39-29-15-38-42(2)34(47)31(29)36)20-3-5-21(6-4-20)33(46)43-18-35(19-43)13-25(14-35)48-24-7-8-26(28(37)12-24)27-9-10-30(44)40-32(27)45/h3-8,12,15,22-23,25,27,39H,9-11,13-14,16-19H2,1-2H3,(H,40,44,45). The van der Waals surface area contributed by atoms with Crippen LogP contribution < -0.4 is 20.9 Å². The summed E-state index contributed by atoms with van der Waals surface area (Å²) in [6.45, 7) is 3.01. The molecule has 48 heavy (non-hydrogen) atoms. The highest BCUT2D eigenvalue weighted by Crippen LogP contribution is 2.50. The predicted molar refractivity (Wildman–Crippen MR) is 177 cm³/mol. The number of anilines is 1. The number of ether oxygens (including phenoxy) is 1. The molecule has 3 amide bonds. The SMILES string of the molecule is CN1CC(Nc2cnn(C)c(=O)c2Cl)CC(c2ccc(C(=O)N3CC4(CC(Oc5ccc(C6CCC(=O)NC6=O)c(F)c5)C4)C3)cc2)C1. The van der Waals surface area contributed by atoms with E-state index in [1.165, 1.54) is 10.7 Å². The molecule has 3 saturated heterocycles. The Morgan fingerprint density at radius 3 is 2.54 bits per heavy atom. The lowest BCUT2D eigenvalue weighted by atomic mass is 9.61. The van der Waals surface area contributed by atoms with Gasteiger partial charge < -0.3 is 19.9 Å². The van der Waals surface area contributed by atoms with Gasteiger partial charge in [0.2, 0.25) is 11.8 Å². The summed E-state index contributed by atoms with van der Waals surface area (Å²) in [6, 6.07) is 12.5. The van der Waals surface area contributed by atoms with Crippen molar-refractivity contribution in [3.8, 4) is 5.75 Å². The summed E-state index contributed by atoms with van der Waals surface area (Å²) in [5.74, 6) is -1.34. The lowest BCUT2D eigenvalue weighted by Crippen LogP contribution is -2.65. The Morgan fingerprint density at radius 2 is 1.83 bits per heavy atom. The van der Waals surface area contributed by atoms with Gasteiger partial charge in [-0.15, -0.1) is 0 Å². The van der Waals surface area contributed by atoms with Gasteiger partial charge in [0, 0.05) is 68.3 Å². The van der Waals surface area contributed by atoms with Crippen molar-refractivity contribution in [2.24, 2.45) is 12.5 Å². The molecule has 1 aliphatic carbocycles. The number of imide groups is 1. The quantitative estimate of drug-likeness (QED) is 0.363. The van der Waals surface area contributed by atoms with Gasteiger partial charge in [0.1, 0.15) is 22.7 Å². The number of carbonyl (C=O) groups is 3. The van der Waals surface area contributed by atoms with Crippen LogP contribution in [0.1, 0.15) is 65.4 Å². The average molecular weight is 677 g/mol. The van der Waals surface area contributed by atoms with Crippen molar-refractivity contribution in [3.63, 3.8) is 0 Å². The number of hydrogen-bond acceptors (Lipinski definition) is 8. The van der Waals surface area contributed by atoms with Gasteiger partial charge in [-0.1, -0.05) is 29.8 Å². The van der Waals surface area contributed by atoms with Crippen LogP contribution in [0.2, 0.25) is 5.02 Å². The predicted octanol–water partition coefficient (Wildman–Crippen LogP) is 3.68. The molecule has 11 nitrogen and oxygen atoms in total. The van der Waals surface area contributed by atoms with Crippen LogP contribution in [0.5, 0.6) is 5.75 Å². The Morgan fingerprint density at radius 1 is 1.08 bits per heavy atom. The van der Waals surface area contributed by atoms with Crippen molar-refractivity contribution in [2.75, 3.05) is 38.5 Å². The van der Waals surface area contributed by atoms with Gasteiger partial charge in [-0.2, -0.15) is 5.10 Å². The fourth-order valence-corrected chi connectivity index (χ4v) is 8.00. The van der Waals surface area contributed by atoms with Gasteiger partial charge in [0.05, 0.1) is 17.8 Å². The number of nitrogens with one attached hydrogen (secondary N) is 2.